The molecular formula is C31H45N3O7. The summed E-state index contributed by atoms with van der Waals surface area (Å²) in [6, 6.07) is 4.62. The van der Waals surface area contributed by atoms with Gasteiger partial charge in [-0.25, -0.2) is 4.79 Å². The molecule has 3 amide bonds. The zero-order chi connectivity index (χ0) is 29.7. The Labute approximate surface area is 243 Å². The van der Waals surface area contributed by atoms with Crippen molar-refractivity contribution < 1.29 is 33.3 Å². The molecule has 3 saturated heterocycles. The van der Waals surface area contributed by atoms with Gasteiger partial charge in [0.15, 0.2) is 0 Å². The van der Waals surface area contributed by atoms with Gasteiger partial charge in [0, 0.05) is 43.1 Å². The molecule has 1 aromatic rings. The lowest BCUT2D eigenvalue weighted by atomic mass is 9.70. The average Bonchev–Trinajstić information content (AvgIpc) is 3.39. The highest BCUT2D eigenvalue weighted by Gasteiger charge is 2.52. The third kappa shape index (κ3) is 5.98. The van der Waals surface area contributed by atoms with Crippen LogP contribution in [-0.4, -0.2) is 83.8 Å². The standard InChI is InChI=1S/C31H45N3O7/c1-18(32-29(37)41-30(2,3)4)27(35)34-13-8-9-23(34)28(36)33-14-12-24-19(17-33)15-22-26(39-24)21-11-10-20(38-7)16-25(21)40-31(22,5)6/h10-11,16,18-19,22-24,26H,8-9,12-15,17H2,1-7H3,(H,32,37)/t18-,19+,22-,23+,24-,26+/m1/s1. The Balaban J connectivity index is 1.24. The molecule has 3 fully saturated rings. The molecule has 0 radical (unpaired) electrons. The van der Waals surface area contributed by atoms with Gasteiger partial charge in [-0.3, -0.25) is 9.59 Å². The molecule has 10 heteroatoms. The molecule has 5 rings (SSSR count). The highest BCUT2D eigenvalue weighted by Crippen LogP contribution is 2.53. The van der Waals surface area contributed by atoms with E-state index in [1.54, 1.807) is 39.7 Å². The average molecular weight is 572 g/mol. The second-order valence-electron chi connectivity index (χ2n) is 13.4. The van der Waals surface area contributed by atoms with Gasteiger partial charge in [0.05, 0.1) is 19.3 Å². The molecule has 226 valence electrons. The molecule has 4 heterocycles. The van der Waals surface area contributed by atoms with Crippen LogP contribution in [0.5, 0.6) is 11.5 Å². The number of ether oxygens (including phenoxy) is 4. The van der Waals surface area contributed by atoms with Gasteiger partial charge in [-0.15, -0.1) is 0 Å². The summed E-state index contributed by atoms with van der Waals surface area (Å²) in [6.07, 6.45) is 2.37. The first-order chi connectivity index (χ1) is 19.3. The molecule has 4 aliphatic rings. The van der Waals surface area contributed by atoms with Crippen molar-refractivity contribution in [1.29, 1.82) is 0 Å². The SMILES string of the molecule is COc1ccc2c(c1)OC(C)(C)[C@@H]1C[C@H]3CN(C(=O)[C@@H]4CCCN4C(=O)[C@@H](C)NC(=O)OC(C)(C)C)CC[C@H]3O[C@@H]21. The van der Waals surface area contributed by atoms with Crippen LogP contribution in [0.15, 0.2) is 18.2 Å². The molecule has 0 bridgehead atoms. The fraction of sp³-hybridized carbons (Fsp3) is 0.710. The van der Waals surface area contributed by atoms with Gasteiger partial charge in [-0.1, -0.05) is 0 Å². The van der Waals surface area contributed by atoms with E-state index in [2.05, 4.69) is 19.2 Å². The lowest BCUT2D eigenvalue weighted by molar-refractivity contribution is -0.189. The molecule has 1 N–H and O–H groups in total. The summed E-state index contributed by atoms with van der Waals surface area (Å²) in [5.74, 6) is 1.62. The van der Waals surface area contributed by atoms with Crippen LogP contribution < -0.4 is 14.8 Å². The Bertz CT molecular complexity index is 1180. The normalized spacial score (nSPS) is 29.3. The third-order valence-corrected chi connectivity index (χ3v) is 8.94. The highest BCUT2D eigenvalue weighted by molar-refractivity contribution is 5.91. The Morgan fingerprint density at radius 1 is 1.15 bits per heavy atom. The summed E-state index contributed by atoms with van der Waals surface area (Å²) in [4.78, 5) is 42.9. The molecule has 10 nitrogen and oxygen atoms in total. The number of methoxy groups -OCH3 is 1. The first kappa shape index (κ1) is 29.5. The maximum Gasteiger partial charge on any atom is 0.408 e. The molecule has 41 heavy (non-hydrogen) atoms. The van der Waals surface area contributed by atoms with E-state index in [1.807, 2.05) is 23.1 Å². The van der Waals surface area contributed by atoms with Crippen LogP contribution in [0.25, 0.3) is 0 Å². The van der Waals surface area contributed by atoms with E-state index in [1.165, 1.54) is 0 Å². The Hall–Kier alpha value is -3.01. The lowest BCUT2D eigenvalue weighted by Crippen LogP contribution is -2.58. The summed E-state index contributed by atoms with van der Waals surface area (Å²) in [5, 5.41) is 2.62. The van der Waals surface area contributed by atoms with E-state index in [0.717, 1.165) is 36.3 Å². The number of benzene rings is 1. The number of likely N-dealkylation sites (tertiary alicyclic amines) is 2. The fourth-order valence-corrected chi connectivity index (χ4v) is 6.90. The highest BCUT2D eigenvalue weighted by atomic mass is 16.6. The number of piperidine rings is 1. The molecule has 6 atom stereocenters. The predicted octanol–water partition coefficient (Wildman–Crippen LogP) is 4.07. The Morgan fingerprint density at radius 2 is 1.90 bits per heavy atom. The molecule has 0 aliphatic carbocycles. The summed E-state index contributed by atoms with van der Waals surface area (Å²) in [7, 11) is 1.65. The van der Waals surface area contributed by atoms with Crippen molar-refractivity contribution in [2.75, 3.05) is 26.7 Å². The quantitative estimate of drug-likeness (QED) is 0.581. The number of alkyl carbamates (subject to hydrolysis) is 1. The van der Waals surface area contributed by atoms with Crippen molar-refractivity contribution in [3.63, 3.8) is 0 Å². The Morgan fingerprint density at radius 3 is 2.61 bits per heavy atom. The van der Waals surface area contributed by atoms with Crippen LogP contribution in [0.3, 0.4) is 0 Å². The second kappa shape index (κ2) is 11.0. The van der Waals surface area contributed by atoms with E-state index in [0.29, 0.717) is 26.1 Å². The van der Waals surface area contributed by atoms with E-state index in [-0.39, 0.29) is 35.9 Å². The van der Waals surface area contributed by atoms with E-state index in [9.17, 15) is 14.4 Å². The van der Waals surface area contributed by atoms with E-state index >= 15 is 0 Å². The number of nitrogens with zero attached hydrogens (tertiary/aromatic N) is 2. The largest absolute Gasteiger partial charge is 0.497 e. The molecule has 1 aromatic carbocycles. The third-order valence-electron chi connectivity index (χ3n) is 8.94. The van der Waals surface area contributed by atoms with Gasteiger partial charge >= 0.3 is 6.09 Å². The summed E-state index contributed by atoms with van der Waals surface area (Å²) in [5.41, 5.74) is -0.0433. The number of hydrogen-bond donors (Lipinski definition) is 1. The van der Waals surface area contributed by atoms with Crippen LogP contribution in [0.4, 0.5) is 4.79 Å². The number of hydrogen-bond acceptors (Lipinski definition) is 7. The fourth-order valence-electron chi connectivity index (χ4n) is 6.90. The van der Waals surface area contributed by atoms with Gasteiger partial charge in [0.2, 0.25) is 11.8 Å². The first-order valence-electron chi connectivity index (χ1n) is 14.9. The summed E-state index contributed by atoms with van der Waals surface area (Å²) >= 11 is 0. The topological polar surface area (TPSA) is 107 Å². The molecule has 0 spiro atoms. The molecule has 0 unspecified atom stereocenters. The number of amides is 3. The molecule has 0 saturated carbocycles. The first-order valence-corrected chi connectivity index (χ1v) is 14.9. The minimum atomic E-state index is -0.788. The zero-order valence-electron chi connectivity index (χ0n) is 25.4. The van der Waals surface area contributed by atoms with Crippen LogP contribution >= 0.6 is 0 Å². The maximum atomic E-state index is 13.8. The molecule has 4 aliphatic heterocycles. The van der Waals surface area contributed by atoms with Crippen molar-refractivity contribution in [3.05, 3.63) is 23.8 Å². The van der Waals surface area contributed by atoms with E-state index < -0.39 is 29.4 Å². The predicted molar refractivity (Wildman–Crippen MR) is 152 cm³/mol. The van der Waals surface area contributed by atoms with Crippen LogP contribution in [0, 0.1) is 11.8 Å². The van der Waals surface area contributed by atoms with Crippen molar-refractivity contribution >= 4 is 17.9 Å². The van der Waals surface area contributed by atoms with Gasteiger partial charge in [-0.2, -0.15) is 0 Å². The van der Waals surface area contributed by atoms with E-state index in [4.69, 9.17) is 18.9 Å². The second-order valence-corrected chi connectivity index (χ2v) is 13.4. The number of carbonyl (C=O) groups is 3. The lowest BCUT2D eigenvalue weighted by Gasteiger charge is -2.53. The van der Waals surface area contributed by atoms with Gasteiger partial charge in [0.25, 0.3) is 0 Å². The number of fused-ring (bicyclic) bond motifs is 4. The van der Waals surface area contributed by atoms with Gasteiger partial charge in [-0.05, 0) is 79.4 Å². The van der Waals surface area contributed by atoms with Crippen LogP contribution in [-0.2, 0) is 19.1 Å². The minimum absolute atomic E-state index is 0.0162. The zero-order valence-corrected chi connectivity index (χ0v) is 25.4. The Kier molecular flexibility index (Phi) is 7.91. The summed E-state index contributed by atoms with van der Waals surface area (Å²) in [6.45, 7) is 12.9. The van der Waals surface area contributed by atoms with Gasteiger partial charge < -0.3 is 34.1 Å². The van der Waals surface area contributed by atoms with Crippen molar-refractivity contribution in [2.24, 2.45) is 11.8 Å². The van der Waals surface area contributed by atoms with Crippen LogP contribution in [0.1, 0.15) is 78.9 Å². The molecular weight excluding hydrogens is 526 g/mol. The number of carbonyl (C=O) groups excluding carboxylic acids is 3. The van der Waals surface area contributed by atoms with Crippen molar-refractivity contribution in [1.82, 2.24) is 15.1 Å². The number of nitrogens with one attached hydrogen (secondary N) is 1. The monoisotopic (exact) mass is 571 g/mol. The maximum absolute atomic E-state index is 13.8. The van der Waals surface area contributed by atoms with Crippen molar-refractivity contribution in [2.45, 2.75) is 103 Å². The minimum Gasteiger partial charge on any atom is -0.497 e. The van der Waals surface area contributed by atoms with Crippen LogP contribution in [0.2, 0.25) is 0 Å². The molecule has 0 aromatic heterocycles. The smallest absolute Gasteiger partial charge is 0.408 e. The summed E-state index contributed by atoms with van der Waals surface area (Å²) < 4.78 is 23.9. The van der Waals surface area contributed by atoms with Gasteiger partial charge in [0.1, 0.15) is 34.8 Å². The number of rotatable bonds is 4. The van der Waals surface area contributed by atoms with Crippen molar-refractivity contribution in [3.8, 4) is 11.5 Å².